The van der Waals surface area contributed by atoms with E-state index < -0.39 is 18.4 Å². The molecule has 0 bridgehead atoms. The van der Waals surface area contributed by atoms with Crippen LogP contribution in [0.15, 0.2) is 0 Å². The van der Waals surface area contributed by atoms with Crippen LogP contribution in [0.4, 0.5) is 8.78 Å². The van der Waals surface area contributed by atoms with Crippen LogP contribution in [0.3, 0.4) is 0 Å². The first-order valence-corrected chi connectivity index (χ1v) is 3.37. The second kappa shape index (κ2) is 2.96. The molecule has 0 amide bonds. The van der Waals surface area contributed by atoms with Crippen LogP contribution in [-0.4, -0.2) is 18.4 Å². The zero-order chi connectivity index (χ0) is 7.56. The van der Waals surface area contributed by atoms with Crippen LogP contribution in [0.1, 0.15) is 19.3 Å². The summed E-state index contributed by atoms with van der Waals surface area (Å²) in [7, 11) is 0. The number of nitrogens with zero attached hydrogens (tertiary/aromatic N) is 1. The van der Waals surface area contributed by atoms with Gasteiger partial charge >= 0.3 is 0 Å². The lowest BCUT2D eigenvalue weighted by Crippen LogP contribution is -2.26. The molecule has 0 aromatic carbocycles. The summed E-state index contributed by atoms with van der Waals surface area (Å²) in [5.74, 6) is 0. The zero-order valence-electron chi connectivity index (χ0n) is 5.56. The third-order valence-corrected chi connectivity index (χ3v) is 1.75. The Balaban J connectivity index is 2.44. The van der Waals surface area contributed by atoms with Crippen molar-refractivity contribution in [3.8, 4) is 0 Å². The molecule has 0 saturated heterocycles. The SMILES string of the molecule is [C-]#[N+]C1CC(F)CC(F)C1. The average molecular weight is 145 g/mol. The Hall–Kier alpha value is -0.650. The third kappa shape index (κ3) is 1.66. The molecule has 0 aromatic heterocycles. The monoisotopic (exact) mass is 145 g/mol. The van der Waals surface area contributed by atoms with E-state index >= 15 is 0 Å². The summed E-state index contributed by atoms with van der Waals surface area (Å²) in [5.41, 5.74) is 0. The maximum atomic E-state index is 12.5. The van der Waals surface area contributed by atoms with Crippen LogP contribution >= 0.6 is 0 Å². The summed E-state index contributed by atoms with van der Waals surface area (Å²) in [5, 5.41) is 0. The fourth-order valence-corrected chi connectivity index (χ4v) is 1.26. The van der Waals surface area contributed by atoms with Crippen LogP contribution in [-0.2, 0) is 0 Å². The van der Waals surface area contributed by atoms with Gasteiger partial charge in [0.15, 0.2) is 0 Å². The molecular weight excluding hydrogens is 136 g/mol. The van der Waals surface area contributed by atoms with Crippen molar-refractivity contribution < 1.29 is 8.78 Å². The lowest BCUT2D eigenvalue weighted by atomic mass is 9.93. The molecule has 3 heteroatoms. The molecule has 1 fully saturated rings. The maximum Gasteiger partial charge on any atom is 0.229 e. The first-order valence-electron chi connectivity index (χ1n) is 3.37. The minimum Gasteiger partial charge on any atom is -0.313 e. The highest BCUT2D eigenvalue weighted by atomic mass is 19.1. The zero-order valence-corrected chi connectivity index (χ0v) is 5.56. The van der Waals surface area contributed by atoms with Crippen LogP contribution in [0.5, 0.6) is 0 Å². The van der Waals surface area contributed by atoms with Crippen molar-refractivity contribution >= 4 is 0 Å². The Morgan fingerprint density at radius 2 is 1.60 bits per heavy atom. The van der Waals surface area contributed by atoms with E-state index in [2.05, 4.69) is 4.85 Å². The molecule has 56 valence electrons. The van der Waals surface area contributed by atoms with Gasteiger partial charge in [-0.2, -0.15) is 0 Å². The molecule has 0 heterocycles. The van der Waals surface area contributed by atoms with Gasteiger partial charge in [0.25, 0.3) is 0 Å². The first-order chi connectivity index (χ1) is 4.72. The van der Waals surface area contributed by atoms with Crippen molar-refractivity contribution in [2.75, 3.05) is 0 Å². The third-order valence-electron chi connectivity index (χ3n) is 1.75. The van der Waals surface area contributed by atoms with Gasteiger partial charge in [-0.25, -0.2) is 15.4 Å². The Morgan fingerprint density at radius 3 is 2.00 bits per heavy atom. The molecular formula is C7H9F2N. The molecule has 0 aliphatic heterocycles. The maximum absolute atomic E-state index is 12.5. The van der Waals surface area contributed by atoms with Crippen LogP contribution in [0, 0.1) is 6.57 Å². The van der Waals surface area contributed by atoms with E-state index in [1.54, 1.807) is 0 Å². The van der Waals surface area contributed by atoms with Gasteiger partial charge in [-0.15, -0.1) is 0 Å². The Labute approximate surface area is 58.9 Å². The molecule has 2 unspecified atom stereocenters. The summed E-state index contributed by atoms with van der Waals surface area (Å²) in [6.07, 6.45) is -1.74. The van der Waals surface area contributed by atoms with Crippen molar-refractivity contribution in [2.45, 2.75) is 37.6 Å². The minimum absolute atomic E-state index is 0.00792. The summed E-state index contributed by atoms with van der Waals surface area (Å²) in [4.78, 5) is 3.12. The molecule has 1 aliphatic carbocycles. The second-order valence-electron chi connectivity index (χ2n) is 2.68. The highest BCUT2D eigenvalue weighted by Gasteiger charge is 2.31. The van der Waals surface area contributed by atoms with Crippen LogP contribution in [0.25, 0.3) is 4.85 Å². The quantitative estimate of drug-likeness (QED) is 0.460. The van der Waals surface area contributed by atoms with E-state index in [1.807, 2.05) is 0 Å². The Morgan fingerprint density at radius 1 is 1.10 bits per heavy atom. The van der Waals surface area contributed by atoms with Crippen molar-refractivity contribution in [3.63, 3.8) is 0 Å². The van der Waals surface area contributed by atoms with Gasteiger partial charge in [0, 0.05) is 6.42 Å². The van der Waals surface area contributed by atoms with Crippen molar-refractivity contribution in [1.82, 2.24) is 0 Å². The normalized spacial score (nSPS) is 40.7. The van der Waals surface area contributed by atoms with Crippen molar-refractivity contribution in [1.29, 1.82) is 0 Å². The average Bonchev–Trinajstić information content (AvgIpc) is 1.85. The molecule has 0 spiro atoms. The van der Waals surface area contributed by atoms with E-state index in [9.17, 15) is 8.78 Å². The van der Waals surface area contributed by atoms with Gasteiger partial charge in [-0.3, -0.25) is 0 Å². The molecule has 10 heavy (non-hydrogen) atoms. The fraction of sp³-hybridized carbons (Fsp3) is 0.857. The number of hydrogen-bond acceptors (Lipinski definition) is 0. The minimum atomic E-state index is -1.09. The summed E-state index contributed by atoms with van der Waals surface area (Å²) in [6, 6.07) is -0.418. The Bertz CT molecular complexity index is 142. The molecule has 1 saturated carbocycles. The predicted molar refractivity (Wildman–Crippen MR) is 34.0 cm³/mol. The number of rotatable bonds is 0. The van der Waals surface area contributed by atoms with Gasteiger partial charge in [0.2, 0.25) is 6.04 Å². The molecule has 0 aromatic rings. The summed E-state index contributed by atoms with van der Waals surface area (Å²) in [6.45, 7) is 6.57. The van der Waals surface area contributed by atoms with E-state index in [-0.39, 0.29) is 19.3 Å². The van der Waals surface area contributed by atoms with Crippen LogP contribution < -0.4 is 0 Å². The van der Waals surface area contributed by atoms with E-state index in [1.165, 1.54) is 0 Å². The molecule has 0 N–H and O–H groups in total. The molecule has 1 rings (SSSR count). The molecule has 0 radical (unpaired) electrons. The van der Waals surface area contributed by atoms with E-state index in [0.29, 0.717) is 0 Å². The van der Waals surface area contributed by atoms with Gasteiger partial charge in [-0.1, -0.05) is 0 Å². The van der Waals surface area contributed by atoms with Gasteiger partial charge in [0.05, 0.1) is 12.8 Å². The van der Waals surface area contributed by atoms with Gasteiger partial charge < -0.3 is 4.85 Å². The number of hydrogen-bond donors (Lipinski definition) is 0. The van der Waals surface area contributed by atoms with Crippen molar-refractivity contribution in [2.24, 2.45) is 0 Å². The van der Waals surface area contributed by atoms with E-state index in [4.69, 9.17) is 6.57 Å². The topological polar surface area (TPSA) is 4.36 Å². The smallest absolute Gasteiger partial charge is 0.229 e. The summed E-state index contributed by atoms with van der Waals surface area (Å²) >= 11 is 0. The predicted octanol–water partition coefficient (Wildman–Crippen LogP) is 2.13. The standard InChI is InChI=1S/C7H9F2N/c1-10-7-3-5(8)2-6(9)4-7/h5-7H,2-4H2. The molecule has 2 atom stereocenters. The van der Waals surface area contributed by atoms with Crippen molar-refractivity contribution in [3.05, 3.63) is 11.4 Å². The second-order valence-corrected chi connectivity index (χ2v) is 2.68. The highest BCUT2D eigenvalue weighted by molar-refractivity contribution is 4.89. The Kier molecular flexibility index (Phi) is 2.21. The molecule has 1 aliphatic rings. The lowest BCUT2D eigenvalue weighted by molar-refractivity contribution is 0.153. The largest absolute Gasteiger partial charge is 0.313 e. The van der Waals surface area contributed by atoms with Gasteiger partial charge in [0.1, 0.15) is 12.3 Å². The first kappa shape index (κ1) is 7.46. The highest BCUT2D eigenvalue weighted by Crippen LogP contribution is 2.25. The van der Waals surface area contributed by atoms with E-state index in [0.717, 1.165) is 0 Å². The fourth-order valence-electron chi connectivity index (χ4n) is 1.26. The van der Waals surface area contributed by atoms with Gasteiger partial charge in [-0.05, 0) is 0 Å². The lowest BCUT2D eigenvalue weighted by Gasteiger charge is -2.19. The molecule has 1 nitrogen and oxygen atoms in total. The number of alkyl halides is 2. The summed E-state index contributed by atoms with van der Waals surface area (Å²) < 4.78 is 25.0. The number of halogens is 2. The van der Waals surface area contributed by atoms with Crippen LogP contribution in [0.2, 0.25) is 0 Å².